The molecule has 0 aromatic rings. The molecule has 0 spiro atoms. The topological polar surface area (TPSA) is 0 Å². The fourth-order valence-electron chi connectivity index (χ4n) is 0.613. The van der Waals surface area contributed by atoms with E-state index in [-0.39, 0.29) is 0 Å². The highest BCUT2D eigenvalue weighted by Gasteiger charge is 1.77. The van der Waals surface area contributed by atoms with Gasteiger partial charge >= 0.3 is 0 Å². The van der Waals surface area contributed by atoms with Gasteiger partial charge in [-0.2, -0.15) is 0 Å². The lowest BCUT2D eigenvalue weighted by atomic mass is 10.2. The molecule has 0 aliphatic carbocycles. The lowest BCUT2D eigenvalue weighted by Crippen LogP contribution is -1.67. The Kier molecular flexibility index (Phi) is 6.25. The summed E-state index contributed by atoms with van der Waals surface area (Å²) in [6.07, 6.45) is 10.2. The summed E-state index contributed by atoms with van der Waals surface area (Å²) in [5.41, 5.74) is 1.45. The summed E-state index contributed by atoms with van der Waals surface area (Å²) in [6, 6.07) is 0. The van der Waals surface area contributed by atoms with Crippen LogP contribution in [0.2, 0.25) is 0 Å². The van der Waals surface area contributed by atoms with Gasteiger partial charge in [-0.1, -0.05) is 44.1 Å². The molecule has 0 aromatic carbocycles. The first-order valence-electron chi connectivity index (χ1n) is 4.13. The molecule has 0 unspecified atom stereocenters. The Morgan fingerprint density at radius 3 is 2.50 bits per heavy atom. The molecule has 0 heterocycles. The van der Waals surface area contributed by atoms with E-state index in [9.17, 15) is 0 Å². The van der Waals surface area contributed by atoms with Crippen molar-refractivity contribution in [2.45, 2.75) is 40.0 Å². The molecular formula is C10H18. The molecule has 10 heavy (non-hydrogen) atoms. The third kappa shape index (κ3) is 5.61. The average molecular weight is 138 g/mol. The predicted octanol–water partition coefficient (Wildman–Crippen LogP) is 3.70. The van der Waals surface area contributed by atoms with Gasteiger partial charge in [-0.25, -0.2) is 0 Å². The Bertz CT molecular complexity index is 118. The molecule has 0 amide bonds. The molecule has 0 fully saturated rings. The van der Waals surface area contributed by atoms with Gasteiger partial charge in [0.25, 0.3) is 0 Å². The molecule has 0 rings (SSSR count). The zero-order valence-corrected chi connectivity index (χ0v) is 7.35. The summed E-state index contributed by atoms with van der Waals surface area (Å²) >= 11 is 0. The van der Waals surface area contributed by atoms with Crippen molar-refractivity contribution in [1.82, 2.24) is 0 Å². The first kappa shape index (κ1) is 9.48. The van der Waals surface area contributed by atoms with E-state index in [1.807, 2.05) is 0 Å². The van der Waals surface area contributed by atoms with Crippen molar-refractivity contribution in [3.05, 3.63) is 23.8 Å². The van der Waals surface area contributed by atoms with E-state index in [0.29, 0.717) is 0 Å². The predicted molar refractivity (Wildman–Crippen MR) is 48.1 cm³/mol. The SMILES string of the molecule is CCC/C=C/C=C(C)CC. The summed E-state index contributed by atoms with van der Waals surface area (Å²) in [7, 11) is 0. The van der Waals surface area contributed by atoms with Crippen LogP contribution < -0.4 is 0 Å². The Labute approximate surface area is 64.6 Å². The molecule has 0 nitrogen and oxygen atoms in total. The minimum atomic E-state index is 1.16. The van der Waals surface area contributed by atoms with Gasteiger partial charge in [0.1, 0.15) is 0 Å². The summed E-state index contributed by atoms with van der Waals surface area (Å²) in [4.78, 5) is 0. The maximum atomic E-state index is 2.22. The molecule has 0 radical (unpaired) electrons. The van der Waals surface area contributed by atoms with E-state index in [0.717, 1.165) is 6.42 Å². The van der Waals surface area contributed by atoms with Crippen molar-refractivity contribution >= 4 is 0 Å². The maximum Gasteiger partial charge on any atom is -0.0349 e. The Morgan fingerprint density at radius 1 is 1.30 bits per heavy atom. The first-order valence-corrected chi connectivity index (χ1v) is 4.13. The van der Waals surface area contributed by atoms with E-state index in [2.05, 4.69) is 39.0 Å². The Morgan fingerprint density at radius 2 is 2.00 bits per heavy atom. The summed E-state index contributed by atoms with van der Waals surface area (Å²) in [5, 5.41) is 0. The highest BCUT2D eigenvalue weighted by atomic mass is 13.8. The lowest BCUT2D eigenvalue weighted by molar-refractivity contribution is 0.958. The number of hydrogen-bond acceptors (Lipinski definition) is 0. The highest BCUT2D eigenvalue weighted by molar-refractivity contribution is 5.09. The molecule has 58 valence electrons. The lowest BCUT2D eigenvalue weighted by Gasteiger charge is -1.88. The average Bonchev–Trinajstić information content (AvgIpc) is 1.98. The summed E-state index contributed by atoms with van der Waals surface area (Å²) in [6.45, 7) is 6.54. The largest absolute Gasteiger partial charge is 0.0845 e. The normalized spacial score (nSPS) is 12.9. The van der Waals surface area contributed by atoms with E-state index in [4.69, 9.17) is 0 Å². The Balaban J connectivity index is 3.49. The third-order valence-electron chi connectivity index (χ3n) is 1.53. The van der Waals surface area contributed by atoms with Crippen molar-refractivity contribution in [2.75, 3.05) is 0 Å². The molecule has 0 N–H and O–H groups in total. The van der Waals surface area contributed by atoms with E-state index in [1.165, 1.54) is 18.4 Å². The van der Waals surface area contributed by atoms with Gasteiger partial charge in [-0.05, 0) is 19.8 Å². The first-order chi connectivity index (χ1) is 4.81. The van der Waals surface area contributed by atoms with Crippen molar-refractivity contribution in [1.29, 1.82) is 0 Å². The molecule has 0 aromatic heterocycles. The third-order valence-corrected chi connectivity index (χ3v) is 1.53. The van der Waals surface area contributed by atoms with Gasteiger partial charge < -0.3 is 0 Å². The zero-order chi connectivity index (χ0) is 7.82. The van der Waals surface area contributed by atoms with E-state index >= 15 is 0 Å². The smallest absolute Gasteiger partial charge is 0.0349 e. The second kappa shape index (κ2) is 6.60. The molecule has 0 heteroatoms. The molecule has 0 atom stereocenters. The van der Waals surface area contributed by atoms with Crippen molar-refractivity contribution in [3.63, 3.8) is 0 Å². The van der Waals surface area contributed by atoms with Gasteiger partial charge in [0.2, 0.25) is 0 Å². The Hall–Kier alpha value is -0.520. The second-order valence-electron chi connectivity index (χ2n) is 2.58. The van der Waals surface area contributed by atoms with Crippen LogP contribution in [0.5, 0.6) is 0 Å². The monoisotopic (exact) mass is 138 g/mol. The van der Waals surface area contributed by atoms with Crippen LogP contribution in [0.1, 0.15) is 40.0 Å². The quantitative estimate of drug-likeness (QED) is 0.520. The van der Waals surface area contributed by atoms with Crippen LogP contribution in [0.15, 0.2) is 23.8 Å². The fourth-order valence-corrected chi connectivity index (χ4v) is 0.613. The van der Waals surface area contributed by atoms with Crippen LogP contribution in [0.4, 0.5) is 0 Å². The molecule has 0 saturated heterocycles. The minimum absolute atomic E-state index is 1.16. The van der Waals surface area contributed by atoms with Gasteiger partial charge in [0.15, 0.2) is 0 Å². The van der Waals surface area contributed by atoms with Crippen LogP contribution in [0.3, 0.4) is 0 Å². The minimum Gasteiger partial charge on any atom is -0.0845 e. The van der Waals surface area contributed by atoms with Gasteiger partial charge in [0.05, 0.1) is 0 Å². The maximum absolute atomic E-state index is 2.22. The molecule has 0 aliphatic rings. The van der Waals surface area contributed by atoms with E-state index < -0.39 is 0 Å². The standard InChI is InChI=1S/C10H18/c1-4-6-7-8-9-10(3)5-2/h7-9H,4-6H2,1-3H3/b8-7+,10-9?. The van der Waals surface area contributed by atoms with Crippen molar-refractivity contribution in [2.24, 2.45) is 0 Å². The number of allylic oxidation sites excluding steroid dienone is 4. The van der Waals surface area contributed by atoms with Crippen molar-refractivity contribution in [3.8, 4) is 0 Å². The van der Waals surface area contributed by atoms with Crippen LogP contribution in [-0.4, -0.2) is 0 Å². The molecule has 0 aliphatic heterocycles. The second-order valence-corrected chi connectivity index (χ2v) is 2.58. The van der Waals surface area contributed by atoms with Gasteiger partial charge in [0, 0.05) is 0 Å². The van der Waals surface area contributed by atoms with Crippen LogP contribution in [0.25, 0.3) is 0 Å². The van der Waals surface area contributed by atoms with Crippen LogP contribution in [0, 0.1) is 0 Å². The molecular weight excluding hydrogens is 120 g/mol. The molecule has 0 bridgehead atoms. The number of unbranched alkanes of at least 4 members (excludes halogenated alkanes) is 1. The highest BCUT2D eigenvalue weighted by Crippen LogP contribution is 1.98. The summed E-state index contributed by atoms with van der Waals surface area (Å²) < 4.78 is 0. The van der Waals surface area contributed by atoms with Crippen LogP contribution >= 0.6 is 0 Å². The van der Waals surface area contributed by atoms with Crippen LogP contribution in [-0.2, 0) is 0 Å². The van der Waals surface area contributed by atoms with Gasteiger partial charge in [-0.15, -0.1) is 0 Å². The number of rotatable bonds is 4. The van der Waals surface area contributed by atoms with Crippen molar-refractivity contribution < 1.29 is 0 Å². The molecule has 0 saturated carbocycles. The summed E-state index contributed by atoms with van der Waals surface area (Å²) in [5.74, 6) is 0. The fraction of sp³-hybridized carbons (Fsp3) is 0.600. The zero-order valence-electron chi connectivity index (χ0n) is 7.35. The van der Waals surface area contributed by atoms with Gasteiger partial charge in [-0.3, -0.25) is 0 Å². The van der Waals surface area contributed by atoms with E-state index in [1.54, 1.807) is 0 Å². The number of hydrogen-bond donors (Lipinski definition) is 0.